The predicted octanol–water partition coefficient (Wildman–Crippen LogP) is 3.46. The number of rotatable bonds is 3. The van der Waals surface area contributed by atoms with Gasteiger partial charge in [-0.05, 0) is 30.3 Å². The van der Waals surface area contributed by atoms with Crippen LogP contribution in [0.4, 0.5) is 0 Å². The lowest BCUT2D eigenvalue weighted by atomic mass is 10.2. The van der Waals surface area contributed by atoms with Crippen LogP contribution in [0.15, 0.2) is 36.4 Å². The molecule has 0 saturated carbocycles. The van der Waals surface area contributed by atoms with Crippen molar-refractivity contribution in [2.45, 2.75) is 0 Å². The number of phenolic OH excluding ortho intramolecular Hbond substituents is 1. The van der Waals surface area contributed by atoms with Crippen LogP contribution in [-0.2, 0) is 4.74 Å². The number of carbonyl (C=O) groups excluding carboxylic acids is 1. The van der Waals surface area contributed by atoms with Crippen LogP contribution >= 0.6 is 11.3 Å². The van der Waals surface area contributed by atoms with E-state index in [0.717, 1.165) is 10.2 Å². The van der Waals surface area contributed by atoms with Crippen molar-refractivity contribution in [3.63, 3.8) is 0 Å². The zero-order chi connectivity index (χ0) is 15.7. The van der Waals surface area contributed by atoms with Gasteiger partial charge in [0.25, 0.3) is 0 Å². The molecule has 5 nitrogen and oxygen atoms in total. The summed E-state index contributed by atoms with van der Waals surface area (Å²) < 4.78 is 10.7. The standard InChI is InChI=1S/C16H13NO4S/c1-20-12-5-3-4-10(14(12)18)15-17-11-7-6-9(16(19)21-2)8-13(11)22-15/h3-8,18H,1-2H3. The van der Waals surface area contributed by atoms with Gasteiger partial charge in [0.1, 0.15) is 5.01 Å². The van der Waals surface area contributed by atoms with Gasteiger partial charge in [-0.15, -0.1) is 11.3 Å². The lowest BCUT2D eigenvalue weighted by molar-refractivity contribution is 0.0601. The number of carbonyl (C=O) groups is 1. The van der Waals surface area contributed by atoms with E-state index in [2.05, 4.69) is 4.98 Å². The number of hydrogen-bond donors (Lipinski definition) is 1. The largest absolute Gasteiger partial charge is 0.504 e. The number of phenols is 1. The minimum Gasteiger partial charge on any atom is -0.504 e. The van der Waals surface area contributed by atoms with E-state index >= 15 is 0 Å². The Morgan fingerprint density at radius 3 is 2.77 bits per heavy atom. The molecule has 0 spiro atoms. The van der Waals surface area contributed by atoms with Gasteiger partial charge in [-0.25, -0.2) is 9.78 Å². The molecule has 1 N–H and O–H groups in total. The number of thiazole rings is 1. The highest BCUT2D eigenvalue weighted by atomic mass is 32.1. The number of aromatic hydroxyl groups is 1. The highest BCUT2D eigenvalue weighted by Crippen LogP contribution is 2.40. The molecule has 0 radical (unpaired) electrons. The minimum atomic E-state index is -0.388. The topological polar surface area (TPSA) is 68.7 Å². The van der Waals surface area contributed by atoms with Crippen molar-refractivity contribution in [3.05, 3.63) is 42.0 Å². The van der Waals surface area contributed by atoms with Gasteiger partial charge in [-0.3, -0.25) is 0 Å². The predicted molar refractivity (Wildman–Crippen MR) is 84.6 cm³/mol. The average molecular weight is 315 g/mol. The molecule has 6 heteroatoms. The fourth-order valence-corrected chi connectivity index (χ4v) is 3.18. The normalized spacial score (nSPS) is 10.6. The molecule has 0 fully saturated rings. The van der Waals surface area contributed by atoms with Crippen molar-refractivity contribution in [1.82, 2.24) is 4.98 Å². The molecule has 0 saturated heterocycles. The maximum absolute atomic E-state index is 11.6. The number of hydrogen-bond acceptors (Lipinski definition) is 6. The Morgan fingerprint density at radius 2 is 2.05 bits per heavy atom. The SMILES string of the molecule is COC(=O)c1ccc2nc(-c3cccc(OC)c3O)sc2c1. The van der Waals surface area contributed by atoms with E-state index in [-0.39, 0.29) is 11.7 Å². The molecule has 22 heavy (non-hydrogen) atoms. The summed E-state index contributed by atoms with van der Waals surface area (Å²) in [7, 11) is 2.85. The van der Waals surface area contributed by atoms with Crippen LogP contribution < -0.4 is 4.74 Å². The Morgan fingerprint density at radius 1 is 1.23 bits per heavy atom. The molecule has 0 aliphatic carbocycles. The smallest absolute Gasteiger partial charge is 0.337 e. The van der Waals surface area contributed by atoms with Crippen molar-refractivity contribution in [2.24, 2.45) is 0 Å². The highest BCUT2D eigenvalue weighted by Gasteiger charge is 2.15. The molecule has 0 unspecified atom stereocenters. The molecule has 0 atom stereocenters. The Kier molecular flexibility index (Phi) is 3.68. The van der Waals surface area contributed by atoms with Crippen molar-refractivity contribution in [3.8, 4) is 22.1 Å². The summed E-state index contributed by atoms with van der Waals surface area (Å²) in [6, 6.07) is 10.4. The number of benzene rings is 2. The van der Waals surface area contributed by atoms with Gasteiger partial charge in [0.05, 0.1) is 35.6 Å². The van der Waals surface area contributed by atoms with Crippen molar-refractivity contribution >= 4 is 27.5 Å². The Bertz CT molecular complexity index is 856. The van der Waals surface area contributed by atoms with E-state index in [0.29, 0.717) is 21.9 Å². The first kappa shape index (κ1) is 14.3. The van der Waals surface area contributed by atoms with Crippen LogP contribution in [0.3, 0.4) is 0 Å². The number of methoxy groups -OCH3 is 2. The molecule has 3 rings (SSSR count). The second-order valence-corrected chi connectivity index (χ2v) is 5.58. The number of nitrogens with zero attached hydrogens (tertiary/aromatic N) is 1. The fourth-order valence-electron chi connectivity index (χ4n) is 2.14. The van der Waals surface area contributed by atoms with E-state index in [1.807, 2.05) is 0 Å². The number of para-hydroxylation sites is 1. The van der Waals surface area contributed by atoms with E-state index in [1.165, 1.54) is 25.6 Å². The first-order chi connectivity index (χ1) is 10.6. The maximum atomic E-state index is 11.6. The van der Waals surface area contributed by atoms with Gasteiger partial charge in [0.15, 0.2) is 11.5 Å². The van der Waals surface area contributed by atoms with Crippen molar-refractivity contribution in [1.29, 1.82) is 0 Å². The van der Waals surface area contributed by atoms with E-state index in [4.69, 9.17) is 9.47 Å². The van der Waals surface area contributed by atoms with Crippen LogP contribution in [0.25, 0.3) is 20.8 Å². The number of aromatic nitrogens is 1. The van der Waals surface area contributed by atoms with E-state index in [1.54, 1.807) is 36.4 Å². The minimum absolute atomic E-state index is 0.0530. The zero-order valence-electron chi connectivity index (χ0n) is 12.0. The summed E-state index contributed by atoms with van der Waals surface area (Å²) in [4.78, 5) is 16.1. The van der Waals surface area contributed by atoms with Crippen LogP contribution in [0, 0.1) is 0 Å². The maximum Gasteiger partial charge on any atom is 0.337 e. The Hall–Kier alpha value is -2.60. The third-order valence-electron chi connectivity index (χ3n) is 3.26. The quantitative estimate of drug-likeness (QED) is 0.750. The van der Waals surface area contributed by atoms with E-state index < -0.39 is 0 Å². The summed E-state index contributed by atoms with van der Waals surface area (Å²) in [6.07, 6.45) is 0. The average Bonchev–Trinajstić information content (AvgIpc) is 2.97. The van der Waals surface area contributed by atoms with Gasteiger partial charge < -0.3 is 14.6 Å². The number of esters is 1. The summed E-state index contributed by atoms with van der Waals surface area (Å²) in [5.74, 6) is 0.0605. The van der Waals surface area contributed by atoms with Gasteiger partial charge in [-0.1, -0.05) is 6.07 Å². The fraction of sp³-hybridized carbons (Fsp3) is 0.125. The van der Waals surface area contributed by atoms with Crippen LogP contribution in [0.1, 0.15) is 10.4 Å². The lowest BCUT2D eigenvalue weighted by Crippen LogP contribution is -1.99. The molecule has 1 aromatic heterocycles. The summed E-state index contributed by atoms with van der Waals surface area (Å²) >= 11 is 1.39. The van der Waals surface area contributed by atoms with Crippen molar-refractivity contribution < 1.29 is 19.4 Å². The molecule has 3 aromatic rings. The molecule has 0 aliphatic heterocycles. The molecular weight excluding hydrogens is 302 g/mol. The first-order valence-electron chi connectivity index (χ1n) is 6.49. The number of fused-ring (bicyclic) bond motifs is 1. The Balaban J connectivity index is 2.11. The highest BCUT2D eigenvalue weighted by molar-refractivity contribution is 7.21. The summed E-state index contributed by atoms with van der Waals surface area (Å²) in [6.45, 7) is 0. The third kappa shape index (κ3) is 2.37. The summed E-state index contributed by atoms with van der Waals surface area (Å²) in [5.41, 5.74) is 1.83. The van der Waals surface area contributed by atoms with Crippen LogP contribution in [0.2, 0.25) is 0 Å². The van der Waals surface area contributed by atoms with Gasteiger partial charge in [0, 0.05) is 0 Å². The molecule has 0 bridgehead atoms. The molecule has 1 heterocycles. The second kappa shape index (κ2) is 5.65. The van der Waals surface area contributed by atoms with E-state index in [9.17, 15) is 9.90 Å². The molecule has 112 valence electrons. The Labute approximate surface area is 130 Å². The molecular formula is C16H13NO4S. The first-order valence-corrected chi connectivity index (χ1v) is 7.31. The number of ether oxygens (including phenoxy) is 2. The van der Waals surface area contributed by atoms with Gasteiger partial charge in [0.2, 0.25) is 0 Å². The van der Waals surface area contributed by atoms with Gasteiger partial charge >= 0.3 is 5.97 Å². The zero-order valence-corrected chi connectivity index (χ0v) is 12.8. The van der Waals surface area contributed by atoms with Gasteiger partial charge in [-0.2, -0.15) is 0 Å². The second-order valence-electron chi connectivity index (χ2n) is 4.55. The summed E-state index contributed by atoms with van der Waals surface area (Å²) in [5, 5.41) is 10.9. The van der Waals surface area contributed by atoms with Crippen molar-refractivity contribution in [2.75, 3.05) is 14.2 Å². The third-order valence-corrected chi connectivity index (χ3v) is 4.31. The molecule has 0 amide bonds. The molecule has 0 aliphatic rings. The monoisotopic (exact) mass is 315 g/mol. The van der Waals surface area contributed by atoms with Crippen LogP contribution in [-0.4, -0.2) is 30.3 Å². The van der Waals surface area contributed by atoms with Crippen LogP contribution in [0.5, 0.6) is 11.5 Å². The lowest BCUT2D eigenvalue weighted by Gasteiger charge is -2.05. The molecule has 2 aromatic carbocycles.